The Kier molecular flexibility index (Phi) is 3.59. The number of carbonyl (C=O) groups is 2. The van der Waals surface area contributed by atoms with Crippen LogP contribution in [0.5, 0.6) is 0 Å². The van der Waals surface area contributed by atoms with E-state index in [9.17, 15) is 22.8 Å². The highest BCUT2D eigenvalue weighted by Crippen LogP contribution is 2.33. The average Bonchev–Trinajstić information content (AvgIpc) is 2.25. The SMILES string of the molecule is CCc1c(C(=O)O)cnc(C(F)(F)F)c1C(=O)O. The van der Waals surface area contributed by atoms with Gasteiger partial charge in [-0.15, -0.1) is 0 Å². The van der Waals surface area contributed by atoms with Gasteiger partial charge in [0.2, 0.25) is 0 Å². The molecule has 0 spiro atoms. The van der Waals surface area contributed by atoms with Crippen molar-refractivity contribution in [3.63, 3.8) is 0 Å². The van der Waals surface area contributed by atoms with Gasteiger partial charge < -0.3 is 10.2 Å². The number of nitrogens with zero attached hydrogens (tertiary/aromatic N) is 1. The number of alkyl halides is 3. The van der Waals surface area contributed by atoms with E-state index >= 15 is 0 Å². The van der Waals surface area contributed by atoms with Crippen molar-refractivity contribution in [1.29, 1.82) is 0 Å². The molecule has 0 saturated carbocycles. The van der Waals surface area contributed by atoms with Gasteiger partial charge in [0.05, 0.1) is 11.1 Å². The minimum atomic E-state index is -4.95. The zero-order chi connectivity index (χ0) is 14.1. The number of aromatic carboxylic acids is 2. The molecule has 0 aromatic carbocycles. The summed E-state index contributed by atoms with van der Waals surface area (Å²) in [5.74, 6) is -3.37. The van der Waals surface area contributed by atoms with E-state index in [2.05, 4.69) is 4.98 Å². The van der Waals surface area contributed by atoms with E-state index in [4.69, 9.17) is 10.2 Å². The number of pyridine rings is 1. The summed E-state index contributed by atoms with van der Waals surface area (Å²) in [6.45, 7) is 1.37. The van der Waals surface area contributed by atoms with E-state index in [1.807, 2.05) is 0 Å². The standard InChI is InChI=1S/C10H8F3NO4/c1-2-4-5(8(15)16)3-14-7(10(11,12)13)6(4)9(17)18/h3H,2H2,1H3,(H,15,16)(H,17,18). The maximum Gasteiger partial charge on any atom is 0.434 e. The zero-order valence-corrected chi connectivity index (χ0v) is 9.08. The second kappa shape index (κ2) is 4.63. The van der Waals surface area contributed by atoms with Gasteiger partial charge in [0.15, 0.2) is 5.69 Å². The van der Waals surface area contributed by atoms with Crippen molar-refractivity contribution in [2.75, 3.05) is 0 Å². The van der Waals surface area contributed by atoms with E-state index in [-0.39, 0.29) is 6.42 Å². The molecule has 1 aromatic heterocycles. The summed E-state index contributed by atoms with van der Waals surface area (Å²) in [5.41, 5.74) is -3.62. The van der Waals surface area contributed by atoms with Crippen LogP contribution in [0.4, 0.5) is 13.2 Å². The third-order valence-electron chi connectivity index (χ3n) is 2.25. The molecule has 0 aliphatic rings. The van der Waals surface area contributed by atoms with Gasteiger partial charge in [0, 0.05) is 6.20 Å². The Morgan fingerprint density at radius 3 is 2.17 bits per heavy atom. The van der Waals surface area contributed by atoms with Crippen LogP contribution in [0.2, 0.25) is 0 Å². The van der Waals surface area contributed by atoms with Crippen molar-refractivity contribution < 1.29 is 33.0 Å². The van der Waals surface area contributed by atoms with Crippen molar-refractivity contribution in [2.24, 2.45) is 0 Å². The molecule has 98 valence electrons. The first-order chi connectivity index (χ1) is 8.20. The molecule has 1 heterocycles. The molecular weight excluding hydrogens is 255 g/mol. The number of hydrogen-bond donors (Lipinski definition) is 2. The van der Waals surface area contributed by atoms with Crippen LogP contribution in [0.25, 0.3) is 0 Å². The molecule has 0 atom stereocenters. The molecule has 0 amide bonds. The van der Waals surface area contributed by atoms with Crippen LogP contribution in [-0.2, 0) is 12.6 Å². The Hall–Kier alpha value is -2.12. The van der Waals surface area contributed by atoms with Crippen LogP contribution < -0.4 is 0 Å². The lowest BCUT2D eigenvalue weighted by atomic mass is 9.98. The van der Waals surface area contributed by atoms with E-state index in [0.29, 0.717) is 6.20 Å². The van der Waals surface area contributed by atoms with Crippen LogP contribution in [0, 0.1) is 0 Å². The second-order valence-corrected chi connectivity index (χ2v) is 3.34. The summed E-state index contributed by atoms with van der Waals surface area (Å²) in [6.07, 6.45) is -4.58. The van der Waals surface area contributed by atoms with E-state index < -0.39 is 40.5 Å². The Labute approximate surface area is 98.9 Å². The number of halogens is 3. The predicted molar refractivity (Wildman–Crippen MR) is 52.5 cm³/mol. The maximum absolute atomic E-state index is 12.6. The van der Waals surface area contributed by atoms with Gasteiger partial charge in [0.25, 0.3) is 0 Å². The Balaban J connectivity index is 3.70. The highest BCUT2D eigenvalue weighted by atomic mass is 19.4. The molecular formula is C10H8F3NO4. The zero-order valence-electron chi connectivity index (χ0n) is 9.08. The highest BCUT2D eigenvalue weighted by molar-refractivity contribution is 5.97. The molecule has 2 N–H and O–H groups in total. The minimum absolute atomic E-state index is 0.158. The Morgan fingerprint density at radius 2 is 1.83 bits per heavy atom. The van der Waals surface area contributed by atoms with Gasteiger partial charge in [-0.25, -0.2) is 9.59 Å². The number of carboxylic acid groups (broad SMARTS) is 2. The van der Waals surface area contributed by atoms with Crippen LogP contribution >= 0.6 is 0 Å². The number of hydrogen-bond acceptors (Lipinski definition) is 3. The van der Waals surface area contributed by atoms with Crippen LogP contribution in [0.3, 0.4) is 0 Å². The molecule has 1 rings (SSSR count). The number of carboxylic acids is 2. The van der Waals surface area contributed by atoms with Crippen molar-refractivity contribution in [3.8, 4) is 0 Å². The largest absolute Gasteiger partial charge is 0.478 e. The average molecular weight is 263 g/mol. The van der Waals surface area contributed by atoms with Crippen molar-refractivity contribution in [3.05, 3.63) is 28.6 Å². The lowest BCUT2D eigenvalue weighted by molar-refractivity contribution is -0.141. The van der Waals surface area contributed by atoms with Crippen molar-refractivity contribution in [1.82, 2.24) is 4.98 Å². The molecule has 0 radical (unpaired) electrons. The summed E-state index contributed by atoms with van der Waals surface area (Å²) in [4.78, 5) is 24.6. The van der Waals surface area contributed by atoms with E-state index in [0.717, 1.165) is 0 Å². The predicted octanol–water partition coefficient (Wildman–Crippen LogP) is 2.06. The van der Waals surface area contributed by atoms with E-state index in [1.165, 1.54) is 6.92 Å². The third-order valence-corrected chi connectivity index (χ3v) is 2.25. The van der Waals surface area contributed by atoms with Gasteiger partial charge in [-0.1, -0.05) is 6.92 Å². The van der Waals surface area contributed by atoms with Gasteiger partial charge in [-0.2, -0.15) is 13.2 Å². The topological polar surface area (TPSA) is 87.5 Å². The van der Waals surface area contributed by atoms with Crippen molar-refractivity contribution >= 4 is 11.9 Å². The van der Waals surface area contributed by atoms with E-state index in [1.54, 1.807) is 0 Å². The molecule has 0 fully saturated rings. The van der Waals surface area contributed by atoms with Gasteiger partial charge in [-0.3, -0.25) is 4.98 Å². The van der Waals surface area contributed by atoms with Gasteiger partial charge in [-0.05, 0) is 12.0 Å². The Bertz CT molecular complexity index is 511. The lowest BCUT2D eigenvalue weighted by Gasteiger charge is -2.14. The summed E-state index contributed by atoms with van der Waals surface area (Å²) in [6, 6.07) is 0. The fraction of sp³-hybridized carbons (Fsp3) is 0.300. The molecule has 0 bridgehead atoms. The monoisotopic (exact) mass is 263 g/mol. The Morgan fingerprint density at radius 1 is 1.28 bits per heavy atom. The summed E-state index contributed by atoms with van der Waals surface area (Å²) >= 11 is 0. The third kappa shape index (κ3) is 2.41. The maximum atomic E-state index is 12.6. The second-order valence-electron chi connectivity index (χ2n) is 3.34. The van der Waals surface area contributed by atoms with Gasteiger partial charge >= 0.3 is 18.1 Å². The quantitative estimate of drug-likeness (QED) is 0.871. The summed E-state index contributed by atoms with van der Waals surface area (Å²) in [7, 11) is 0. The number of aromatic nitrogens is 1. The normalized spacial score (nSPS) is 11.3. The molecule has 1 aromatic rings. The van der Waals surface area contributed by atoms with Crippen LogP contribution in [-0.4, -0.2) is 27.1 Å². The first-order valence-electron chi connectivity index (χ1n) is 4.75. The first kappa shape index (κ1) is 13.9. The molecule has 5 nitrogen and oxygen atoms in total. The summed E-state index contributed by atoms with van der Waals surface area (Å²) < 4.78 is 37.8. The lowest BCUT2D eigenvalue weighted by Crippen LogP contribution is -2.20. The molecule has 0 aliphatic heterocycles. The molecule has 18 heavy (non-hydrogen) atoms. The molecule has 0 saturated heterocycles. The number of rotatable bonds is 3. The fourth-order valence-electron chi connectivity index (χ4n) is 1.55. The van der Waals surface area contributed by atoms with Crippen LogP contribution in [0.1, 0.15) is 38.9 Å². The molecule has 0 unspecified atom stereocenters. The smallest absolute Gasteiger partial charge is 0.434 e. The summed E-state index contributed by atoms with van der Waals surface area (Å²) in [5, 5.41) is 17.6. The molecule has 8 heteroatoms. The van der Waals surface area contributed by atoms with Crippen LogP contribution in [0.15, 0.2) is 6.20 Å². The van der Waals surface area contributed by atoms with Crippen molar-refractivity contribution in [2.45, 2.75) is 19.5 Å². The minimum Gasteiger partial charge on any atom is -0.478 e. The first-order valence-corrected chi connectivity index (χ1v) is 4.75. The molecule has 0 aliphatic carbocycles. The highest BCUT2D eigenvalue weighted by Gasteiger charge is 2.39. The fourth-order valence-corrected chi connectivity index (χ4v) is 1.55. The van der Waals surface area contributed by atoms with Gasteiger partial charge in [0.1, 0.15) is 0 Å².